The van der Waals surface area contributed by atoms with Crippen LogP contribution in [0.1, 0.15) is 20.7 Å². The van der Waals surface area contributed by atoms with E-state index in [0.29, 0.717) is 38.8 Å². The zero-order valence-electron chi connectivity index (χ0n) is 16.1. The van der Waals surface area contributed by atoms with Crippen molar-refractivity contribution < 1.29 is 9.59 Å². The molecule has 4 nitrogen and oxygen atoms in total. The lowest BCUT2D eigenvalue weighted by Crippen LogP contribution is -2.17. The number of carbonyl (C=O) groups excluding carboxylic acids is 2. The lowest BCUT2D eigenvalue weighted by molar-refractivity contribution is 0.102. The van der Waals surface area contributed by atoms with Gasteiger partial charge in [0, 0.05) is 27.9 Å². The molecule has 4 aromatic carbocycles. The Hall–Kier alpha value is -3.79. The smallest absolute Gasteiger partial charge is 0.256 e. The third kappa shape index (κ3) is 4.13. The van der Waals surface area contributed by atoms with Crippen molar-refractivity contribution in [3.63, 3.8) is 0 Å². The van der Waals surface area contributed by atoms with E-state index >= 15 is 0 Å². The normalized spacial score (nSPS) is 10.5. The van der Waals surface area contributed by atoms with E-state index in [1.165, 1.54) is 0 Å². The molecule has 140 valence electrons. The van der Waals surface area contributed by atoms with E-state index in [0.717, 1.165) is 5.39 Å². The third-order valence-corrected chi connectivity index (χ3v) is 4.68. The first-order valence-corrected chi connectivity index (χ1v) is 9.37. The summed E-state index contributed by atoms with van der Waals surface area (Å²) in [5, 5.41) is 7.05. The van der Waals surface area contributed by atoms with Gasteiger partial charge < -0.3 is 10.6 Å². The first-order valence-electron chi connectivity index (χ1n) is 9.37. The fraction of sp³-hybridized carbons (Fsp3) is 0. The molecule has 30 heavy (non-hydrogen) atoms. The van der Waals surface area contributed by atoms with E-state index in [-0.39, 0.29) is 11.8 Å². The van der Waals surface area contributed by atoms with E-state index < -0.39 is 0 Å². The fourth-order valence-corrected chi connectivity index (χ4v) is 3.35. The van der Waals surface area contributed by atoms with Crippen LogP contribution in [0.25, 0.3) is 10.8 Å². The highest BCUT2D eigenvalue weighted by Gasteiger charge is 2.17. The summed E-state index contributed by atoms with van der Waals surface area (Å²) >= 11 is 0. The van der Waals surface area contributed by atoms with E-state index in [1.54, 1.807) is 72.8 Å². The van der Waals surface area contributed by atoms with Gasteiger partial charge in [-0.25, -0.2) is 0 Å². The van der Waals surface area contributed by atoms with Crippen molar-refractivity contribution in [2.45, 2.75) is 0 Å². The van der Waals surface area contributed by atoms with Gasteiger partial charge in [-0.1, -0.05) is 59.5 Å². The standard InChI is InChI=1S/C24H16B2N2O2/c25-16-7-3-9-18(13-16)27-23(29)20-11-1-5-15-6-2-12-21(22(15)20)24(30)28-19-10-4-8-17(26)14-19/h1-14H,(H,27,29)(H,28,30). The lowest BCUT2D eigenvalue weighted by Gasteiger charge is -2.13. The first kappa shape index (κ1) is 19.5. The van der Waals surface area contributed by atoms with Crippen molar-refractivity contribution in [1.29, 1.82) is 0 Å². The molecule has 6 heteroatoms. The minimum absolute atomic E-state index is 0.324. The van der Waals surface area contributed by atoms with Gasteiger partial charge in [-0.3, -0.25) is 9.59 Å². The summed E-state index contributed by atoms with van der Waals surface area (Å²) in [5.74, 6) is -0.647. The Morgan fingerprint density at radius 2 is 1.03 bits per heavy atom. The molecule has 0 saturated heterocycles. The van der Waals surface area contributed by atoms with Gasteiger partial charge in [0.05, 0.1) is 0 Å². The van der Waals surface area contributed by atoms with Gasteiger partial charge in [0.1, 0.15) is 15.7 Å². The van der Waals surface area contributed by atoms with E-state index in [9.17, 15) is 9.59 Å². The Labute approximate surface area is 177 Å². The average molecular weight is 386 g/mol. The topological polar surface area (TPSA) is 58.2 Å². The molecular formula is C24H16B2N2O2. The van der Waals surface area contributed by atoms with Crippen molar-refractivity contribution >= 4 is 60.6 Å². The lowest BCUT2D eigenvalue weighted by atomic mass is 9.95. The second kappa shape index (κ2) is 8.29. The second-order valence-corrected chi connectivity index (χ2v) is 6.87. The molecule has 0 atom stereocenters. The van der Waals surface area contributed by atoms with Gasteiger partial charge in [-0.2, -0.15) is 0 Å². The van der Waals surface area contributed by atoms with Gasteiger partial charge in [0.2, 0.25) is 0 Å². The van der Waals surface area contributed by atoms with Crippen LogP contribution in [0.3, 0.4) is 0 Å². The van der Waals surface area contributed by atoms with Crippen LogP contribution in [0.15, 0.2) is 84.9 Å². The molecule has 2 amide bonds. The molecular weight excluding hydrogens is 370 g/mol. The number of carbonyl (C=O) groups is 2. The third-order valence-electron chi connectivity index (χ3n) is 4.68. The van der Waals surface area contributed by atoms with Crippen molar-refractivity contribution in [3.8, 4) is 0 Å². The molecule has 0 aromatic heterocycles. The van der Waals surface area contributed by atoms with Gasteiger partial charge in [0.15, 0.2) is 0 Å². The Kier molecular flexibility index (Phi) is 5.40. The van der Waals surface area contributed by atoms with Gasteiger partial charge in [-0.05, 0) is 41.8 Å². The molecule has 4 rings (SSSR count). The molecule has 0 bridgehead atoms. The number of hydrogen-bond donors (Lipinski definition) is 2. The minimum atomic E-state index is -0.324. The van der Waals surface area contributed by atoms with Crippen molar-refractivity contribution in [3.05, 3.63) is 96.1 Å². The molecule has 0 saturated carbocycles. The van der Waals surface area contributed by atoms with E-state index in [4.69, 9.17) is 15.7 Å². The van der Waals surface area contributed by atoms with Crippen LogP contribution >= 0.6 is 0 Å². The maximum atomic E-state index is 13.0. The highest BCUT2D eigenvalue weighted by molar-refractivity contribution is 6.33. The van der Waals surface area contributed by atoms with Crippen molar-refractivity contribution in [2.75, 3.05) is 10.6 Å². The molecule has 4 radical (unpaired) electrons. The van der Waals surface area contributed by atoms with Crippen LogP contribution in [0.5, 0.6) is 0 Å². The molecule has 0 spiro atoms. The van der Waals surface area contributed by atoms with Crippen LogP contribution < -0.4 is 21.6 Å². The van der Waals surface area contributed by atoms with Crippen LogP contribution in [-0.4, -0.2) is 27.5 Å². The van der Waals surface area contributed by atoms with E-state index in [2.05, 4.69) is 10.6 Å². The summed E-state index contributed by atoms with van der Waals surface area (Å²) in [6, 6.07) is 24.6. The Bertz CT molecular complexity index is 1180. The Morgan fingerprint density at radius 1 is 0.600 bits per heavy atom. The predicted octanol–water partition coefficient (Wildman–Crippen LogP) is 2.93. The minimum Gasteiger partial charge on any atom is -0.322 e. The largest absolute Gasteiger partial charge is 0.322 e. The predicted molar refractivity (Wildman–Crippen MR) is 124 cm³/mol. The SMILES string of the molecule is [B]c1cccc(NC(=O)c2cccc3cccc(C(=O)Nc4cccc([B])c4)c23)c1. The number of amides is 2. The number of nitrogens with one attached hydrogen (secondary N) is 2. The van der Waals surface area contributed by atoms with Gasteiger partial charge in [-0.15, -0.1) is 0 Å². The summed E-state index contributed by atoms with van der Waals surface area (Å²) in [6.45, 7) is 0. The Morgan fingerprint density at radius 3 is 1.47 bits per heavy atom. The number of rotatable bonds is 4. The average Bonchev–Trinajstić information content (AvgIpc) is 2.73. The van der Waals surface area contributed by atoms with Crippen LogP contribution in [0.4, 0.5) is 11.4 Å². The van der Waals surface area contributed by atoms with Crippen molar-refractivity contribution in [1.82, 2.24) is 0 Å². The molecule has 0 heterocycles. The number of fused-ring (bicyclic) bond motifs is 1. The molecule has 0 aliphatic heterocycles. The summed E-state index contributed by atoms with van der Waals surface area (Å²) in [7, 11) is 11.6. The maximum absolute atomic E-state index is 13.0. The summed E-state index contributed by atoms with van der Waals surface area (Å²) in [4.78, 5) is 26.0. The number of benzene rings is 4. The highest BCUT2D eigenvalue weighted by Crippen LogP contribution is 2.25. The molecule has 2 N–H and O–H groups in total. The molecule has 4 aromatic rings. The summed E-state index contributed by atoms with van der Waals surface area (Å²) in [5.41, 5.74) is 3.06. The number of hydrogen-bond acceptors (Lipinski definition) is 2. The second-order valence-electron chi connectivity index (χ2n) is 6.87. The van der Waals surface area contributed by atoms with Crippen LogP contribution in [0.2, 0.25) is 0 Å². The summed E-state index contributed by atoms with van der Waals surface area (Å²) < 4.78 is 0. The molecule has 0 aliphatic carbocycles. The molecule has 0 aliphatic rings. The fourth-order valence-electron chi connectivity index (χ4n) is 3.35. The quantitative estimate of drug-likeness (QED) is 0.530. The summed E-state index contributed by atoms with van der Waals surface area (Å²) in [6.07, 6.45) is 0. The van der Waals surface area contributed by atoms with Crippen molar-refractivity contribution in [2.24, 2.45) is 0 Å². The Balaban J connectivity index is 1.73. The van der Waals surface area contributed by atoms with Gasteiger partial charge >= 0.3 is 0 Å². The monoisotopic (exact) mass is 386 g/mol. The van der Waals surface area contributed by atoms with Crippen LogP contribution in [0, 0.1) is 0 Å². The maximum Gasteiger partial charge on any atom is 0.256 e. The first-order chi connectivity index (χ1) is 14.5. The van der Waals surface area contributed by atoms with Gasteiger partial charge in [0.25, 0.3) is 11.8 Å². The number of anilines is 2. The highest BCUT2D eigenvalue weighted by atomic mass is 16.2. The molecule has 0 unspecified atom stereocenters. The zero-order valence-corrected chi connectivity index (χ0v) is 16.1. The van der Waals surface area contributed by atoms with E-state index in [1.807, 2.05) is 12.1 Å². The zero-order chi connectivity index (χ0) is 21.1. The van der Waals surface area contributed by atoms with Crippen LogP contribution in [-0.2, 0) is 0 Å². The molecule has 0 fully saturated rings.